The van der Waals surface area contributed by atoms with E-state index in [9.17, 15) is 18.0 Å². The van der Waals surface area contributed by atoms with Crippen LogP contribution in [0.2, 0.25) is 0 Å². The van der Waals surface area contributed by atoms with Crippen LogP contribution in [0.15, 0.2) is 53.4 Å². The summed E-state index contributed by atoms with van der Waals surface area (Å²) in [6.07, 6.45) is 2.87. The van der Waals surface area contributed by atoms with Gasteiger partial charge in [-0.15, -0.1) is 0 Å². The Bertz CT molecular complexity index is 1150. The van der Waals surface area contributed by atoms with Crippen LogP contribution < -0.4 is 9.62 Å². The number of carbonyl (C=O) groups excluding carboxylic acids is 2. The van der Waals surface area contributed by atoms with Crippen molar-refractivity contribution >= 4 is 33.3 Å². The Labute approximate surface area is 207 Å². The van der Waals surface area contributed by atoms with Crippen molar-refractivity contribution in [2.45, 2.75) is 44.4 Å². The number of para-hydroxylation sites is 1. The van der Waals surface area contributed by atoms with Gasteiger partial charge in [-0.25, -0.2) is 13.2 Å². The number of benzene rings is 2. The first-order valence-corrected chi connectivity index (χ1v) is 13.8. The third kappa shape index (κ3) is 5.29. The van der Waals surface area contributed by atoms with Crippen molar-refractivity contribution in [2.24, 2.45) is 5.92 Å². The highest BCUT2D eigenvalue weighted by molar-refractivity contribution is 7.92. The molecule has 0 saturated carbocycles. The molecule has 8 nitrogen and oxygen atoms in total. The molecule has 0 aromatic heterocycles. The SMILES string of the molecule is CCN(CC)C(=O)N1CCC(C(=O)Nc2ccc(S(=O)(=O)N3CCCc4ccccc43)cc2)CC1. The molecule has 0 radical (unpaired) electrons. The molecule has 3 amide bonds. The molecule has 0 atom stereocenters. The number of aryl methyl sites for hydroxylation is 1. The van der Waals surface area contributed by atoms with E-state index in [0.29, 0.717) is 51.3 Å². The summed E-state index contributed by atoms with van der Waals surface area (Å²) in [5.41, 5.74) is 2.34. The Kier molecular flexibility index (Phi) is 7.64. The summed E-state index contributed by atoms with van der Waals surface area (Å²) in [5.74, 6) is -0.274. The first kappa shape index (κ1) is 25.0. The zero-order valence-corrected chi connectivity index (χ0v) is 21.3. The fourth-order valence-corrected chi connectivity index (χ4v) is 6.40. The standard InChI is InChI=1S/C26H34N4O4S/c1-3-28(4-2)26(32)29-18-15-21(16-19-29)25(31)27-22-11-13-23(14-12-22)35(33,34)30-17-7-9-20-8-5-6-10-24(20)30/h5-6,8,10-14,21H,3-4,7,9,15-19H2,1-2H3,(H,27,31). The van der Waals surface area contributed by atoms with Crippen molar-refractivity contribution in [3.63, 3.8) is 0 Å². The maximum atomic E-state index is 13.3. The van der Waals surface area contributed by atoms with Crippen LogP contribution in [0.1, 0.15) is 38.7 Å². The van der Waals surface area contributed by atoms with Gasteiger partial charge in [0.25, 0.3) is 10.0 Å². The minimum absolute atomic E-state index is 0.0296. The molecular formula is C26H34N4O4S. The van der Waals surface area contributed by atoms with E-state index in [2.05, 4.69) is 5.32 Å². The third-order valence-corrected chi connectivity index (χ3v) is 8.78. The summed E-state index contributed by atoms with van der Waals surface area (Å²) < 4.78 is 28.1. The number of hydrogen-bond acceptors (Lipinski definition) is 4. The number of amides is 3. The molecule has 2 heterocycles. The van der Waals surface area contributed by atoms with Crippen molar-refractivity contribution in [3.8, 4) is 0 Å². The second kappa shape index (κ2) is 10.7. The average Bonchev–Trinajstić information content (AvgIpc) is 2.89. The molecule has 1 saturated heterocycles. The van der Waals surface area contributed by atoms with Gasteiger partial charge in [0, 0.05) is 44.3 Å². The van der Waals surface area contributed by atoms with Crippen molar-refractivity contribution in [1.82, 2.24) is 9.80 Å². The zero-order valence-electron chi connectivity index (χ0n) is 20.4. The van der Waals surface area contributed by atoms with Crippen molar-refractivity contribution in [2.75, 3.05) is 42.3 Å². The smallest absolute Gasteiger partial charge is 0.319 e. The minimum atomic E-state index is -3.69. The third-order valence-electron chi connectivity index (χ3n) is 6.95. The number of nitrogens with zero attached hydrogens (tertiary/aromatic N) is 3. The summed E-state index contributed by atoms with van der Waals surface area (Å²) >= 11 is 0. The molecule has 4 rings (SSSR count). The van der Waals surface area contributed by atoms with Crippen LogP contribution in [-0.2, 0) is 21.2 Å². The maximum absolute atomic E-state index is 13.3. The highest BCUT2D eigenvalue weighted by Gasteiger charge is 2.30. The topological polar surface area (TPSA) is 90.0 Å². The normalized spacial score (nSPS) is 16.5. The average molecular weight is 499 g/mol. The fourth-order valence-electron chi connectivity index (χ4n) is 4.86. The van der Waals surface area contributed by atoms with Crippen LogP contribution in [-0.4, -0.2) is 62.9 Å². The molecular weight excluding hydrogens is 464 g/mol. The Morgan fingerprint density at radius 1 is 0.971 bits per heavy atom. The number of urea groups is 1. The van der Waals surface area contributed by atoms with Gasteiger partial charge in [-0.3, -0.25) is 9.10 Å². The van der Waals surface area contributed by atoms with Crippen molar-refractivity contribution in [3.05, 3.63) is 54.1 Å². The van der Waals surface area contributed by atoms with Crippen molar-refractivity contribution in [1.29, 1.82) is 0 Å². The van der Waals surface area contributed by atoms with Gasteiger partial charge in [0.1, 0.15) is 0 Å². The molecule has 0 bridgehead atoms. The minimum Gasteiger partial charge on any atom is -0.326 e. The maximum Gasteiger partial charge on any atom is 0.319 e. The predicted octanol–water partition coefficient (Wildman–Crippen LogP) is 3.94. The highest BCUT2D eigenvalue weighted by Crippen LogP contribution is 2.32. The molecule has 2 aliphatic heterocycles. The molecule has 0 spiro atoms. The Hall–Kier alpha value is -3.07. The fraction of sp³-hybridized carbons (Fsp3) is 0.462. The van der Waals surface area contributed by atoms with Gasteiger partial charge in [0.15, 0.2) is 0 Å². The number of fused-ring (bicyclic) bond motifs is 1. The molecule has 2 aromatic carbocycles. The summed E-state index contributed by atoms with van der Waals surface area (Å²) in [4.78, 5) is 29.1. The van der Waals surface area contributed by atoms with Crippen molar-refractivity contribution < 1.29 is 18.0 Å². The van der Waals surface area contributed by atoms with E-state index in [-0.39, 0.29) is 22.8 Å². The number of carbonyl (C=O) groups is 2. The molecule has 2 aromatic rings. The lowest BCUT2D eigenvalue weighted by Crippen LogP contribution is -2.47. The Balaban J connectivity index is 1.37. The number of piperidine rings is 1. The number of hydrogen-bond donors (Lipinski definition) is 1. The lowest BCUT2D eigenvalue weighted by Gasteiger charge is -2.34. The van der Waals surface area contributed by atoms with E-state index >= 15 is 0 Å². The second-order valence-electron chi connectivity index (χ2n) is 9.04. The van der Waals surface area contributed by atoms with Gasteiger partial charge in [-0.2, -0.15) is 0 Å². The number of anilines is 2. The first-order chi connectivity index (χ1) is 16.8. The summed E-state index contributed by atoms with van der Waals surface area (Å²) in [6, 6.07) is 14.0. The van der Waals surface area contributed by atoms with E-state index in [1.54, 1.807) is 29.2 Å². The second-order valence-corrected chi connectivity index (χ2v) is 10.9. The van der Waals surface area contributed by atoms with Crippen LogP contribution in [0.4, 0.5) is 16.2 Å². The number of rotatable bonds is 6. The van der Waals surface area contributed by atoms with Gasteiger partial charge in [-0.05, 0) is 75.4 Å². The van der Waals surface area contributed by atoms with Crippen LogP contribution >= 0.6 is 0 Å². The predicted molar refractivity (Wildman–Crippen MR) is 137 cm³/mol. The zero-order chi connectivity index (χ0) is 25.0. The van der Waals surface area contributed by atoms with Gasteiger partial charge in [-0.1, -0.05) is 18.2 Å². The lowest BCUT2D eigenvalue weighted by atomic mass is 9.96. The van der Waals surface area contributed by atoms with Gasteiger partial charge in [0.2, 0.25) is 5.91 Å². The number of sulfonamides is 1. The Morgan fingerprint density at radius 3 is 2.29 bits per heavy atom. The highest BCUT2D eigenvalue weighted by atomic mass is 32.2. The van der Waals surface area contributed by atoms with E-state index in [4.69, 9.17) is 0 Å². The molecule has 1 N–H and O–H groups in total. The van der Waals surface area contributed by atoms with Gasteiger partial charge < -0.3 is 15.1 Å². The van der Waals surface area contributed by atoms with Crippen LogP contribution in [0.3, 0.4) is 0 Å². The van der Waals surface area contributed by atoms with Crippen LogP contribution in [0, 0.1) is 5.92 Å². The molecule has 1 fully saturated rings. The molecule has 35 heavy (non-hydrogen) atoms. The van der Waals surface area contributed by atoms with Gasteiger partial charge in [0.05, 0.1) is 10.6 Å². The largest absolute Gasteiger partial charge is 0.326 e. The summed E-state index contributed by atoms with van der Waals surface area (Å²) in [5, 5.41) is 2.91. The van der Waals surface area contributed by atoms with E-state index in [1.807, 2.05) is 43.0 Å². The monoisotopic (exact) mass is 498 g/mol. The molecule has 188 valence electrons. The Morgan fingerprint density at radius 2 is 1.63 bits per heavy atom. The van der Waals surface area contributed by atoms with Crippen LogP contribution in [0.5, 0.6) is 0 Å². The quantitative estimate of drug-likeness (QED) is 0.653. The van der Waals surface area contributed by atoms with Gasteiger partial charge >= 0.3 is 6.03 Å². The molecule has 0 aliphatic carbocycles. The lowest BCUT2D eigenvalue weighted by molar-refractivity contribution is -0.121. The summed E-state index contributed by atoms with van der Waals surface area (Å²) in [7, 11) is -3.69. The first-order valence-electron chi connectivity index (χ1n) is 12.4. The summed E-state index contributed by atoms with van der Waals surface area (Å²) in [6.45, 7) is 6.84. The molecule has 0 unspecified atom stereocenters. The van der Waals surface area contributed by atoms with Crippen LogP contribution in [0.25, 0.3) is 0 Å². The number of nitrogens with one attached hydrogen (secondary N) is 1. The van der Waals surface area contributed by atoms with E-state index < -0.39 is 10.0 Å². The number of likely N-dealkylation sites (tertiary alicyclic amines) is 1. The molecule has 2 aliphatic rings. The van der Waals surface area contributed by atoms with E-state index in [1.165, 1.54) is 4.31 Å². The molecule has 9 heteroatoms. The van der Waals surface area contributed by atoms with E-state index in [0.717, 1.165) is 24.1 Å².